The Morgan fingerprint density at radius 3 is 2.82 bits per heavy atom. The molecule has 0 radical (unpaired) electrons. The largest absolute Gasteiger partial charge is 0.305 e. The standard InChI is InChI=1S/C13H17N3S/c1-9(12-5-4-6-14-7-12)15-8-13-10(2)16-11(3)17-13/h4-7,9,15H,8H2,1-3H3/t9-/m0/s1. The Hall–Kier alpha value is -1.26. The maximum Gasteiger partial charge on any atom is 0.0900 e. The fourth-order valence-electron chi connectivity index (χ4n) is 1.73. The van der Waals surface area contributed by atoms with Gasteiger partial charge < -0.3 is 5.32 Å². The topological polar surface area (TPSA) is 37.8 Å². The summed E-state index contributed by atoms with van der Waals surface area (Å²) in [7, 11) is 0. The highest BCUT2D eigenvalue weighted by Gasteiger charge is 2.08. The highest BCUT2D eigenvalue weighted by molar-refractivity contribution is 7.11. The minimum Gasteiger partial charge on any atom is -0.305 e. The van der Waals surface area contributed by atoms with E-state index in [4.69, 9.17) is 0 Å². The van der Waals surface area contributed by atoms with Crippen LogP contribution in [-0.4, -0.2) is 9.97 Å². The second-order valence-corrected chi connectivity index (χ2v) is 5.42. The molecule has 0 saturated carbocycles. The minimum atomic E-state index is 0.311. The van der Waals surface area contributed by atoms with Crippen molar-refractivity contribution in [2.24, 2.45) is 0 Å². The van der Waals surface area contributed by atoms with Crippen molar-refractivity contribution in [1.82, 2.24) is 15.3 Å². The van der Waals surface area contributed by atoms with Gasteiger partial charge in [-0.25, -0.2) is 4.98 Å². The highest BCUT2D eigenvalue weighted by Crippen LogP contribution is 2.18. The van der Waals surface area contributed by atoms with Crippen LogP contribution in [0.1, 0.15) is 34.1 Å². The highest BCUT2D eigenvalue weighted by atomic mass is 32.1. The zero-order valence-corrected chi connectivity index (χ0v) is 11.2. The second-order valence-electron chi connectivity index (χ2n) is 4.13. The van der Waals surface area contributed by atoms with E-state index in [0.29, 0.717) is 6.04 Å². The van der Waals surface area contributed by atoms with Crippen molar-refractivity contribution >= 4 is 11.3 Å². The number of nitrogens with one attached hydrogen (secondary N) is 1. The third-order valence-electron chi connectivity index (χ3n) is 2.75. The summed E-state index contributed by atoms with van der Waals surface area (Å²) in [5.74, 6) is 0. The number of aromatic nitrogens is 2. The summed E-state index contributed by atoms with van der Waals surface area (Å²) in [4.78, 5) is 9.88. The quantitative estimate of drug-likeness (QED) is 0.902. The molecule has 0 fully saturated rings. The van der Waals surface area contributed by atoms with Gasteiger partial charge in [0.2, 0.25) is 0 Å². The average molecular weight is 247 g/mol. The van der Waals surface area contributed by atoms with Gasteiger partial charge in [0.15, 0.2) is 0 Å². The van der Waals surface area contributed by atoms with Crippen LogP contribution in [0.25, 0.3) is 0 Å². The molecule has 0 unspecified atom stereocenters. The molecule has 0 aliphatic rings. The van der Waals surface area contributed by atoms with E-state index in [2.05, 4.69) is 35.2 Å². The van der Waals surface area contributed by atoms with E-state index in [1.54, 1.807) is 17.5 Å². The molecule has 2 heterocycles. The van der Waals surface area contributed by atoms with Crippen LogP contribution in [-0.2, 0) is 6.54 Å². The molecule has 1 atom stereocenters. The lowest BCUT2D eigenvalue weighted by molar-refractivity contribution is 0.575. The number of pyridine rings is 1. The lowest BCUT2D eigenvalue weighted by Gasteiger charge is -2.13. The second kappa shape index (κ2) is 5.38. The molecule has 2 aromatic rings. The van der Waals surface area contributed by atoms with Gasteiger partial charge in [-0.1, -0.05) is 6.07 Å². The molecule has 2 aromatic heterocycles. The van der Waals surface area contributed by atoms with E-state index < -0.39 is 0 Å². The van der Waals surface area contributed by atoms with Crippen LogP contribution < -0.4 is 5.32 Å². The van der Waals surface area contributed by atoms with Gasteiger partial charge in [0.25, 0.3) is 0 Å². The summed E-state index contributed by atoms with van der Waals surface area (Å²) in [6.07, 6.45) is 3.70. The van der Waals surface area contributed by atoms with Gasteiger partial charge >= 0.3 is 0 Å². The molecule has 2 rings (SSSR count). The van der Waals surface area contributed by atoms with Crippen molar-refractivity contribution in [3.63, 3.8) is 0 Å². The summed E-state index contributed by atoms with van der Waals surface area (Å²) in [5, 5.41) is 4.63. The van der Waals surface area contributed by atoms with Crippen molar-refractivity contribution in [3.05, 3.63) is 45.7 Å². The molecule has 4 heteroatoms. The fourth-order valence-corrected chi connectivity index (χ4v) is 2.62. The Balaban J connectivity index is 1.97. The van der Waals surface area contributed by atoms with Crippen LogP contribution in [0, 0.1) is 13.8 Å². The smallest absolute Gasteiger partial charge is 0.0900 e. The molecule has 0 spiro atoms. The SMILES string of the molecule is Cc1nc(C)c(CN[C@@H](C)c2cccnc2)s1. The first-order valence-electron chi connectivity index (χ1n) is 5.73. The van der Waals surface area contributed by atoms with E-state index in [1.807, 2.05) is 19.2 Å². The van der Waals surface area contributed by atoms with Gasteiger partial charge in [0.05, 0.1) is 10.7 Å². The molecule has 0 aliphatic carbocycles. The molecular weight excluding hydrogens is 230 g/mol. The summed E-state index contributed by atoms with van der Waals surface area (Å²) in [6, 6.07) is 4.37. The number of hydrogen-bond acceptors (Lipinski definition) is 4. The zero-order chi connectivity index (χ0) is 12.3. The van der Waals surface area contributed by atoms with Gasteiger partial charge in [-0.3, -0.25) is 4.98 Å². The lowest BCUT2D eigenvalue weighted by atomic mass is 10.1. The summed E-state index contributed by atoms with van der Waals surface area (Å²) in [5.41, 5.74) is 2.35. The van der Waals surface area contributed by atoms with Crippen LogP contribution in [0.4, 0.5) is 0 Å². The maximum absolute atomic E-state index is 4.43. The third-order valence-corrected chi connectivity index (χ3v) is 3.83. The Morgan fingerprint density at radius 2 is 2.24 bits per heavy atom. The van der Waals surface area contributed by atoms with Crippen LogP contribution in [0.2, 0.25) is 0 Å². The van der Waals surface area contributed by atoms with E-state index in [-0.39, 0.29) is 0 Å². The Kier molecular flexibility index (Phi) is 3.86. The van der Waals surface area contributed by atoms with Crippen molar-refractivity contribution in [1.29, 1.82) is 0 Å². The van der Waals surface area contributed by atoms with Crippen molar-refractivity contribution in [2.75, 3.05) is 0 Å². The molecule has 0 amide bonds. The maximum atomic E-state index is 4.43. The fraction of sp³-hybridized carbons (Fsp3) is 0.385. The molecule has 3 nitrogen and oxygen atoms in total. The van der Waals surface area contributed by atoms with Crippen LogP contribution in [0.3, 0.4) is 0 Å². The summed E-state index contributed by atoms with van der Waals surface area (Å²) in [6.45, 7) is 7.13. The van der Waals surface area contributed by atoms with Gasteiger partial charge in [-0.15, -0.1) is 11.3 Å². The molecule has 0 bridgehead atoms. The molecule has 1 N–H and O–H groups in total. The van der Waals surface area contributed by atoms with Crippen molar-refractivity contribution < 1.29 is 0 Å². The van der Waals surface area contributed by atoms with E-state index in [0.717, 1.165) is 17.2 Å². The number of hydrogen-bond donors (Lipinski definition) is 1. The van der Waals surface area contributed by atoms with E-state index in [1.165, 1.54) is 10.4 Å². The van der Waals surface area contributed by atoms with Crippen LogP contribution in [0.5, 0.6) is 0 Å². The van der Waals surface area contributed by atoms with E-state index in [9.17, 15) is 0 Å². The number of thiazole rings is 1. The first-order chi connectivity index (χ1) is 8.16. The Morgan fingerprint density at radius 1 is 1.41 bits per heavy atom. The molecule has 0 saturated heterocycles. The molecular formula is C13H17N3S. The van der Waals surface area contributed by atoms with Gasteiger partial charge in [0.1, 0.15) is 0 Å². The van der Waals surface area contributed by atoms with Crippen molar-refractivity contribution in [3.8, 4) is 0 Å². The van der Waals surface area contributed by atoms with Crippen LogP contribution in [0.15, 0.2) is 24.5 Å². The lowest BCUT2D eigenvalue weighted by Crippen LogP contribution is -2.18. The third kappa shape index (κ3) is 3.11. The number of aryl methyl sites for hydroxylation is 2. The number of rotatable bonds is 4. The normalized spacial score (nSPS) is 12.6. The first-order valence-corrected chi connectivity index (χ1v) is 6.54. The minimum absolute atomic E-state index is 0.311. The molecule has 0 aliphatic heterocycles. The zero-order valence-electron chi connectivity index (χ0n) is 10.4. The van der Waals surface area contributed by atoms with E-state index >= 15 is 0 Å². The number of nitrogens with zero attached hydrogens (tertiary/aromatic N) is 2. The van der Waals surface area contributed by atoms with Crippen molar-refractivity contribution in [2.45, 2.75) is 33.4 Å². The van der Waals surface area contributed by atoms with Gasteiger partial charge in [-0.2, -0.15) is 0 Å². The molecule has 17 heavy (non-hydrogen) atoms. The monoisotopic (exact) mass is 247 g/mol. The first kappa shape index (κ1) is 12.2. The predicted molar refractivity (Wildman–Crippen MR) is 71.1 cm³/mol. The van der Waals surface area contributed by atoms with Gasteiger partial charge in [-0.05, 0) is 32.4 Å². The average Bonchev–Trinajstić information content (AvgIpc) is 2.66. The molecule has 0 aromatic carbocycles. The summed E-state index contributed by atoms with van der Waals surface area (Å²) >= 11 is 1.76. The Labute approximate surface area is 106 Å². The predicted octanol–water partition coefficient (Wildman–Crippen LogP) is 3.01. The van der Waals surface area contributed by atoms with Crippen LogP contribution >= 0.6 is 11.3 Å². The summed E-state index contributed by atoms with van der Waals surface area (Å²) < 4.78 is 0. The van der Waals surface area contributed by atoms with Gasteiger partial charge in [0, 0.05) is 29.9 Å². The molecule has 90 valence electrons. The Bertz CT molecular complexity index is 479.